The van der Waals surface area contributed by atoms with Crippen LogP contribution in [-0.2, 0) is 33.9 Å². The molecular weight excluding hydrogens is 464 g/mol. The quantitative estimate of drug-likeness (QED) is 0.493. The molecule has 0 aliphatic carbocycles. The Kier molecular flexibility index (Phi) is 9.56. The van der Waals surface area contributed by atoms with Gasteiger partial charge in [0.2, 0.25) is 27.7 Å². The fourth-order valence-corrected chi connectivity index (χ4v) is 4.66. The Morgan fingerprint density at radius 2 is 1.76 bits per heavy atom. The van der Waals surface area contributed by atoms with Gasteiger partial charge >= 0.3 is 5.97 Å². The van der Waals surface area contributed by atoms with Crippen molar-refractivity contribution in [3.05, 3.63) is 24.3 Å². The van der Waals surface area contributed by atoms with E-state index in [0.717, 1.165) is 4.31 Å². The molecule has 188 valence electrons. The maximum absolute atomic E-state index is 12.8. The lowest BCUT2D eigenvalue weighted by molar-refractivity contribution is -0.152. The maximum Gasteiger partial charge on any atom is 0.310 e. The minimum absolute atomic E-state index is 0.0334. The Balaban J connectivity index is 1.94. The number of hydrogen-bond acceptors (Lipinski definition) is 7. The van der Waals surface area contributed by atoms with Crippen LogP contribution >= 0.6 is 0 Å². The SMILES string of the molecule is CCOC(=O)C1CCCN(C(=O)CN(C)C(=O)CN(C)S(=O)(=O)c2ccc(NC(C)=O)cc2)C1. The number of rotatable bonds is 9. The van der Waals surface area contributed by atoms with E-state index in [1.165, 1.54) is 55.1 Å². The molecule has 1 unspecified atom stereocenters. The van der Waals surface area contributed by atoms with Crippen molar-refractivity contribution >= 4 is 39.4 Å². The topological polar surface area (TPSA) is 133 Å². The molecule has 1 aromatic carbocycles. The molecule has 34 heavy (non-hydrogen) atoms. The highest BCUT2D eigenvalue weighted by Crippen LogP contribution is 2.19. The van der Waals surface area contributed by atoms with E-state index >= 15 is 0 Å². The van der Waals surface area contributed by atoms with E-state index < -0.39 is 22.5 Å². The number of carbonyl (C=O) groups excluding carboxylic acids is 4. The van der Waals surface area contributed by atoms with E-state index in [1.54, 1.807) is 6.92 Å². The van der Waals surface area contributed by atoms with Crippen molar-refractivity contribution in [2.45, 2.75) is 31.6 Å². The summed E-state index contributed by atoms with van der Waals surface area (Å²) in [6.45, 7) is 3.38. The second-order valence-corrected chi connectivity index (χ2v) is 10.2. The lowest BCUT2D eigenvalue weighted by atomic mass is 9.98. The number of carbonyl (C=O) groups is 4. The molecule has 1 aromatic rings. The Morgan fingerprint density at radius 3 is 2.35 bits per heavy atom. The van der Waals surface area contributed by atoms with Crippen LogP contribution < -0.4 is 5.32 Å². The van der Waals surface area contributed by atoms with Gasteiger partial charge in [0.05, 0.1) is 30.5 Å². The fourth-order valence-electron chi connectivity index (χ4n) is 3.54. The number of likely N-dealkylation sites (N-methyl/N-ethyl adjacent to an activating group) is 2. The Hall–Kier alpha value is -2.99. The highest BCUT2D eigenvalue weighted by molar-refractivity contribution is 7.89. The van der Waals surface area contributed by atoms with Gasteiger partial charge in [0, 0.05) is 39.8 Å². The van der Waals surface area contributed by atoms with Gasteiger partial charge < -0.3 is 19.9 Å². The lowest BCUT2D eigenvalue weighted by Gasteiger charge is -2.32. The van der Waals surface area contributed by atoms with Crippen molar-refractivity contribution in [2.75, 3.05) is 52.2 Å². The molecule has 0 aromatic heterocycles. The normalized spacial score (nSPS) is 16.1. The highest BCUT2D eigenvalue weighted by Gasteiger charge is 2.31. The Bertz CT molecular complexity index is 1010. The largest absolute Gasteiger partial charge is 0.466 e. The van der Waals surface area contributed by atoms with Gasteiger partial charge in [-0.2, -0.15) is 4.31 Å². The zero-order chi connectivity index (χ0) is 25.5. The van der Waals surface area contributed by atoms with E-state index in [2.05, 4.69) is 5.32 Å². The predicted molar refractivity (Wildman–Crippen MR) is 124 cm³/mol. The van der Waals surface area contributed by atoms with Gasteiger partial charge in [-0.15, -0.1) is 0 Å². The van der Waals surface area contributed by atoms with Crippen LogP contribution in [0, 0.1) is 5.92 Å². The number of likely N-dealkylation sites (tertiary alicyclic amines) is 1. The number of nitrogens with one attached hydrogen (secondary N) is 1. The smallest absolute Gasteiger partial charge is 0.310 e. The van der Waals surface area contributed by atoms with E-state index in [9.17, 15) is 27.6 Å². The van der Waals surface area contributed by atoms with Gasteiger partial charge in [-0.1, -0.05) is 0 Å². The summed E-state index contributed by atoms with van der Waals surface area (Å²) in [4.78, 5) is 51.0. The molecular formula is C22H32N4O7S. The highest BCUT2D eigenvalue weighted by atomic mass is 32.2. The molecule has 1 atom stereocenters. The second kappa shape index (κ2) is 11.9. The molecule has 0 spiro atoms. The average Bonchev–Trinajstić information content (AvgIpc) is 2.79. The predicted octanol–water partition coefficient (Wildman–Crippen LogP) is 0.526. The molecule has 1 saturated heterocycles. The molecule has 0 saturated carbocycles. The first kappa shape index (κ1) is 27.3. The Morgan fingerprint density at radius 1 is 1.12 bits per heavy atom. The molecule has 1 aliphatic rings. The third kappa shape index (κ3) is 7.26. The van der Waals surface area contributed by atoms with Crippen molar-refractivity contribution in [1.29, 1.82) is 0 Å². The second-order valence-electron chi connectivity index (χ2n) is 8.15. The summed E-state index contributed by atoms with van der Waals surface area (Å²) in [5.74, 6) is -1.86. The van der Waals surface area contributed by atoms with Crippen LogP contribution in [0.4, 0.5) is 5.69 Å². The number of amides is 3. The van der Waals surface area contributed by atoms with Crippen LogP contribution in [0.5, 0.6) is 0 Å². The molecule has 12 heteroatoms. The standard InChI is InChI=1S/C22H32N4O7S/c1-5-33-22(30)17-7-6-12-26(13-17)21(29)14-24(3)20(28)15-25(4)34(31,32)19-10-8-18(9-11-19)23-16(2)27/h8-11,17H,5-7,12-15H2,1-4H3,(H,23,27). The number of ether oxygens (including phenoxy) is 1. The van der Waals surface area contributed by atoms with Crippen LogP contribution in [0.15, 0.2) is 29.2 Å². The van der Waals surface area contributed by atoms with Gasteiger partial charge in [0.15, 0.2) is 0 Å². The van der Waals surface area contributed by atoms with Crippen molar-refractivity contribution in [3.63, 3.8) is 0 Å². The summed E-state index contributed by atoms with van der Waals surface area (Å²) in [6.07, 6.45) is 1.31. The van der Waals surface area contributed by atoms with E-state index in [-0.39, 0.29) is 48.3 Å². The summed E-state index contributed by atoms with van der Waals surface area (Å²) >= 11 is 0. The maximum atomic E-state index is 12.8. The van der Waals surface area contributed by atoms with Crippen molar-refractivity contribution in [3.8, 4) is 0 Å². The monoisotopic (exact) mass is 496 g/mol. The van der Waals surface area contributed by atoms with Gasteiger partial charge in [-0.3, -0.25) is 19.2 Å². The number of piperidine rings is 1. The molecule has 3 amide bonds. The molecule has 1 N–H and O–H groups in total. The van der Waals surface area contributed by atoms with Crippen molar-refractivity contribution < 1.29 is 32.3 Å². The Labute approximate surface area is 200 Å². The first-order valence-corrected chi connectivity index (χ1v) is 12.4. The third-order valence-corrected chi connectivity index (χ3v) is 7.25. The number of sulfonamides is 1. The molecule has 0 radical (unpaired) electrons. The van der Waals surface area contributed by atoms with Gasteiger partial charge in [-0.05, 0) is 44.0 Å². The summed E-state index contributed by atoms with van der Waals surface area (Å²) in [5, 5.41) is 2.55. The number of anilines is 1. The first-order chi connectivity index (χ1) is 15.9. The van der Waals surface area contributed by atoms with Crippen LogP contribution in [0.25, 0.3) is 0 Å². The van der Waals surface area contributed by atoms with Crippen LogP contribution in [-0.4, -0.2) is 93.1 Å². The lowest BCUT2D eigenvalue weighted by Crippen LogP contribution is -2.48. The first-order valence-electron chi connectivity index (χ1n) is 11.0. The van der Waals surface area contributed by atoms with Crippen LogP contribution in [0.3, 0.4) is 0 Å². The number of esters is 1. The fraction of sp³-hybridized carbons (Fsp3) is 0.545. The van der Waals surface area contributed by atoms with E-state index in [0.29, 0.717) is 25.1 Å². The zero-order valence-corrected chi connectivity index (χ0v) is 20.8. The number of nitrogens with zero attached hydrogens (tertiary/aromatic N) is 3. The van der Waals surface area contributed by atoms with Crippen molar-refractivity contribution in [2.24, 2.45) is 5.92 Å². The number of benzene rings is 1. The van der Waals surface area contributed by atoms with Gasteiger partial charge in [0.1, 0.15) is 0 Å². The van der Waals surface area contributed by atoms with Crippen molar-refractivity contribution in [1.82, 2.24) is 14.1 Å². The summed E-state index contributed by atoms with van der Waals surface area (Å²) in [6, 6.07) is 5.59. The summed E-state index contributed by atoms with van der Waals surface area (Å²) < 4.78 is 31.5. The van der Waals surface area contributed by atoms with Crippen LogP contribution in [0.2, 0.25) is 0 Å². The zero-order valence-electron chi connectivity index (χ0n) is 19.9. The number of hydrogen-bond donors (Lipinski definition) is 1. The molecule has 1 aliphatic heterocycles. The molecule has 1 heterocycles. The average molecular weight is 497 g/mol. The van der Waals surface area contributed by atoms with E-state index in [4.69, 9.17) is 4.74 Å². The molecule has 0 bridgehead atoms. The summed E-state index contributed by atoms with van der Waals surface area (Å²) in [5.41, 5.74) is 0.450. The minimum Gasteiger partial charge on any atom is -0.466 e. The van der Waals surface area contributed by atoms with Gasteiger partial charge in [0.25, 0.3) is 0 Å². The molecule has 2 rings (SSSR count). The molecule has 11 nitrogen and oxygen atoms in total. The third-order valence-electron chi connectivity index (χ3n) is 5.43. The van der Waals surface area contributed by atoms with E-state index in [1.807, 2.05) is 0 Å². The molecule has 1 fully saturated rings. The summed E-state index contributed by atoms with van der Waals surface area (Å²) in [7, 11) is -1.25. The van der Waals surface area contributed by atoms with Crippen LogP contribution in [0.1, 0.15) is 26.7 Å². The van der Waals surface area contributed by atoms with Gasteiger partial charge in [-0.25, -0.2) is 8.42 Å². The minimum atomic E-state index is -3.96.